The lowest BCUT2D eigenvalue weighted by Gasteiger charge is -2.28. The maximum absolute atomic E-state index is 13.3. The monoisotopic (exact) mass is 511 g/mol. The van der Waals surface area contributed by atoms with Crippen LogP contribution in [0.3, 0.4) is 0 Å². The first kappa shape index (κ1) is 25.8. The van der Waals surface area contributed by atoms with E-state index in [4.69, 9.17) is 0 Å². The molecule has 0 spiro atoms. The normalized spacial score (nSPS) is 15.6. The van der Waals surface area contributed by atoms with Crippen LogP contribution < -0.4 is 10.0 Å². The van der Waals surface area contributed by atoms with Gasteiger partial charge in [-0.3, -0.25) is 18.7 Å². The topological polar surface area (TPSA) is 153 Å². The summed E-state index contributed by atoms with van der Waals surface area (Å²) in [5.41, 5.74) is 0.352. The molecule has 1 aliphatic heterocycles. The minimum atomic E-state index is -4.46. The van der Waals surface area contributed by atoms with E-state index in [1.54, 1.807) is 0 Å². The number of carbonyl (C=O) groups is 2. The van der Waals surface area contributed by atoms with E-state index in [1.807, 2.05) is 13.8 Å². The molecule has 2 N–H and O–H groups in total. The molecule has 1 aliphatic rings. The molecule has 34 heavy (non-hydrogen) atoms. The first-order chi connectivity index (χ1) is 15.9. The zero-order valence-electron chi connectivity index (χ0n) is 18.5. The predicted molar refractivity (Wildman–Crippen MR) is 123 cm³/mol. The molecule has 0 unspecified atom stereocenters. The fraction of sp³-hybridized carbons (Fsp3) is 0.333. The lowest BCUT2D eigenvalue weighted by Crippen LogP contribution is -2.41. The van der Waals surface area contributed by atoms with Crippen LogP contribution in [0.1, 0.15) is 20.3 Å². The molecule has 3 rings (SSSR count). The van der Waals surface area contributed by atoms with E-state index < -0.39 is 38.0 Å². The number of hydrogen-bond acceptors (Lipinski definition) is 7. The van der Waals surface area contributed by atoms with Gasteiger partial charge in [-0.15, -0.1) is 0 Å². The van der Waals surface area contributed by atoms with Crippen molar-refractivity contribution in [3.8, 4) is 0 Å². The first-order valence-electron chi connectivity index (χ1n) is 10.4. The van der Waals surface area contributed by atoms with Crippen LogP contribution in [0.15, 0.2) is 58.3 Å². The molecule has 2 amide bonds. The number of hydrazine groups is 1. The summed E-state index contributed by atoms with van der Waals surface area (Å²) in [6.45, 7) is 5.92. The van der Waals surface area contributed by atoms with Crippen molar-refractivity contribution in [1.29, 1.82) is 0 Å². The average Bonchev–Trinajstić information content (AvgIpc) is 3.03. The molecule has 2 aromatic carbocycles. The van der Waals surface area contributed by atoms with E-state index in [0.717, 1.165) is 47.4 Å². The number of anilines is 2. The Morgan fingerprint density at radius 2 is 1.09 bits per heavy atom. The molecule has 0 bridgehead atoms. The van der Waals surface area contributed by atoms with E-state index in [2.05, 4.69) is 4.90 Å². The molecule has 1 fully saturated rings. The van der Waals surface area contributed by atoms with Crippen LogP contribution in [0, 0.1) is 5.92 Å². The van der Waals surface area contributed by atoms with Crippen LogP contribution in [0.2, 0.25) is 0 Å². The Morgan fingerprint density at radius 3 is 1.38 bits per heavy atom. The third kappa shape index (κ3) is 5.28. The summed E-state index contributed by atoms with van der Waals surface area (Å²) in [5, 5.41) is 2.18. The van der Waals surface area contributed by atoms with Gasteiger partial charge in [-0.1, -0.05) is 13.8 Å². The van der Waals surface area contributed by atoms with Gasteiger partial charge in [0.1, 0.15) is 5.92 Å². The van der Waals surface area contributed by atoms with Crippen LogP contribution in [-0.2, 0) is 29.8 Å². The minimum absolute atomic E-state index is 0.176. The number of amides is 2. The smallest absolute Gasteiger partial charge is 0.294 e. The third-order valence-electron chi connectivity index (χ3n) is 5.60. The van der Waals surface area contributed by atoms with Crippen LogP contribution >= 0.6 is 0 Å². The molecule has 11 nitrogen and oxygen atoms in total. The van der Waals surface area contributed by atoms with Crippen LogP contribution in [0.4, 0.5) is 11.4 Å². The van der Waals surface area contributed by atoms with Gasteiger partial charge < -0.3 is 4.90 Å². The van der Waals surface area contributed by atoms with Gasteiger partial charge in [0.25, 0.3) is 32.1 Å². The Labute approximate surface area is 198 Å². The molecule has 184 valence electrons. The Balaban J connectivity index is 2.03. The molecular weight excluding hydrogens is 486 g/mol. The molecule has 0 aliphatic carbocycles. The second kappa shape index (κ2) is 9.80. The lowest BCUT2D eigenvalue weighted by atomic mass is 10.0. The Morgan fingerprint density at radius 1 is 0.735 bits per heavy atom. The quantitative estimate of drug-likeness (QED) is 0.379. The lowest BCUT2D eigenvalue weighted by molar-refractivity contribution is -0.127. The van der Waals surface area contributed by atoms with Crippen molar-refractivity contribution < 1.29 is 35.5 Å². The van der Waals surface area contributed by atoms with Gasteiger partial charge in [-0.25, -0.2) is 10.0 Å². The minimum Gasteiger partial charge on any atom is -0.304 e. The van der Waals surface area contributed by atoms with E-state index >= 15 is 0 Å². The maximum atomic E-state index is 13.3. The highest BCUT2D eigenvalue weighted by atomic mass is 32.2. The molecule has 1 heterocycles. The molecular formula is C21H25N3O8S2. The summed E-state index contributed by atoms with van der Waals surface area (Å²) in [5.74, 6) is -2.07. The number of nitrogens with zero attached hydrogens (tertiary/aromatic N) is 3. The standard InChI is InChI=1S/C21H25N3O8S2/c1-3-22(4-2)14-13-19-20(25)23(15-5-9-17(10-6-15)33(27,28)29)24(21(19)26)16-7-11-18(12-8-16)34(30,31)32/h5-12,19H,3-4,13-14H2,1-2H3,(H,27,28,29)(H,30,31,32). The van der Waals surface area contributed by atoms with Crippen molar-refractivity contribution in [2.24, 2.45) is 5.92 Å². The zero-order chi connectivity index (χ0) is 25.3. The van der Waals surface area contributed by atoms with Gasteiger partial charge in [-0.2, -0.15) is 16.8 Å². The molecule has 0 aromatic heterocycles. The summed E-state index contributed by atoms with van der Waals surface area (Å²) in [6.07, 6.45) is 0.249. The Bertz CT molecular complexity index is 1180. The molecule has 13 heteroatoms. The SMILES string of the molecule is CCN(CC)CCC1C(=O)N(c2ccc(S(=O)(=O)O)cc2)N(c2ccc(S(=O)(=O)O)cc2)C1=O. The van der Waals surface area contributed by atoms with Gasteiger partial charge in [0.15, 0.2) is 0 Å². The highest BCUT2D eigenvalue weighted by Crippen LogP contribution is 2.34. The van der Waals surface area contributed by atoms with Crippen molar-refractivity contribution >= 4 is 43.4 Å². The van der Waals surface area contributed by atoms with Crippen LogP contribution in [0.25, 0.3) is 0 Å². The molecule has 0 radical (unpaired) electrons. The summed E-state index contributed by atoms with van der Waals surface area (Å²) < 4.78 is 63.9. The number of hydrogen-bond donors (Lipinski definition) is 2. The van der Waals surface area contributed by atoms with Crippen molar-refractivity contribution in [1.82, 2.24) is 4.90 Å². The summed E-state index contributed by atoms with van der Waals surface area (Å²) in [4.78, 5) is 28.0. The van der Waals surface area contributed by atoms with Crippen molar-refractivity contribution in [3.63, 3.8) is 0 Å². The largest absolute Gasteiger partial charge is 0.304 e. The van der Waals surface area contributed by atoms with E-state index in [-0.39, 0.29) is 27.6 Å². The van der Waals surface area contributed by atoms with Gasteiger partial charge in [-0.05, 0) is 74.6 Å². The number of rotatable bonds is 9. The second-order valence-electron chi connectivity index (χ2n) is 7.61. The average molecular weight is 512 g/mol. The number of benzene rings is 2. The fourth-order valence-electron chi connectivity index (χ4n) is 3.70. The zero-order valence-corrected chi connectivity index (χ0v) is 20.2. The van der Waals surface area contributed by atoms with Crippen molar-refractivity contribution in [2.45, 2.75) is 30.1 Å². The van der Waals surface area contributed by atoms with Gasteiger partial charge in [0, 0.05) is 0 Å². The fourth-order valence-corrected chi connectivity index (χ4v) is 4.66. The predicted octanol–water partition coefficient (Wildman–Crippen LogP) is 1.82. The first-order valence-corrected chi connectivity index (χ1v) is 13.3. The maximum Gasteiger partial charge on any atom is 0.294 e. The molecule has 0 saturated carbocycles. The van der Waals surface area contributed by atoms with E-state index in [1.165, 1.54) is 24.3 Å². The van der Waals surface area contributed by atoms with Crippen LogP contribution in [-0.4, -0.2) is 62.3 Å². The second-order valence-corrected chi connectivity index (χ2v) is 10.4. The van der Waals surface area contributed by atoms with Gasteiger partial charge >= 0.3 is 0 Å². The summed E-state index contributed by atoms with van der Waals surface area (Å²) in [7, 11) is -8.91. The highest BCUT2D eigenvalue weighted by molar-refractivity contribution is 7.86. The van der Waals surface area contributed by atoms with Crippen molar-refractivity contribution in [3.05, 3.63) is 48.5 Å². The molecule has 1 saturated heterocycles. The van der Waals surface area contributed by atoms with Gasteiger partial charge in [0.05, 0.1) is 21.2 Å². The number of carbonyl (C=O) groups excluding carboxylic acids is 2. The summed E-state index contributed by atoms with van der Waals surface area (Å²) in [6, 6.07) is 9.52. The molecule has 2 aromatic rings. The van der Waals surface area contributed by atoms with E-state index in [0.29, 0.717) is 6.54 Å². The molecule has 0 atom stereocenters. The van der Waals surface area contributed by atoms with Crippen LogP contribution in [0.5, 0.6) is 0 Å². The third-order valence-corrected chi connectivity index (χ3v) is 7.34. The van der Waals surface area contributed by atoms with E-state index in [9.17, 15) is 35.5 Å². The Kier molecular flexibility index (Phi) is 7.43. The Hall–Kier alpha value is -2.84. The van der Waals surface area contributed by atoms with Gasteiger partial charge in [0.2, 0.25) is 0 Å². The van der Waals surface area contributed by atoms with Crippen molar-refractivity contribution in [2.75, 3.05) is 29.7 Å². The highest BCUT2D eigenvalue weighted by Gasteiger charge is 2.47. The summed E-state index contributed by atoms with van der Waals surface area (Å²) >= 11 is 0.